The largest absolute Gasteiger partial charge is 0.439 e. The number of nitrogens with zero attached hydrogens (tertiary/aromatic N) is 3. The van der Waals surface area contributed by atoms with Crippen molar-refractivity contribution in [3.8, 4) is 0 Å². The lowest BCUT2D eigenvalue weighted by Crippen LogP contribution is -2.19. The molecule has 0 atom stereocenters. The lowest BCUT2D eigenvalue weighted by molar-refractivity contribution is 0.478. The van der Waals surface area contributed by atoms with Gasteiger partial charge in [0, 0.05) is 12.7 Å². The Morgan fingerprint density at radius 1 is 1.32 bits per heavy atom. The fourth-order valence-corrected chi connectivity index (χ4v) is 1.97. The third-order valence-corrected chi connectivity index (χ3v) is 2.89. The predicted molar refractivity (Wildman–Crippen MR) is 72.7 cm³/mol. The van der Waals surface area contributed by atoms with Crippen molar-refractivity contribution < 1.29 is 4.42 Å². The summed E-state index contributed by atoms with van der Waals surface area (Å²) in [6, 6.07) is 7.79. The summed E-state index contributed by atoms with van der Waals surface area (Å²) in [5.41, 5.74) is 2.92. The van der Waals surface area contributed by atoms with Crippen molar-refractivity contribution in [2.75, 3.05) is 6.54 Å². The van der Waals surface area contributed by atoms with Gasteiger partial charge in [0.1, 0.15) is 5.52 Å². The first-order valence-electron chi connectivity index (χ1n) is 6.35. The van der Waals surface area contributed by atoms with Crippen LogP contribution < -0.4 is 5.32 Å². The predicted octanol–water partition coefficient (Wildman–Crippen LogP) is 2.12. The molecule has 5 heteroatoms. The highest BCUT2D eigenvalue weighted by Gasteiger charge is 2.03. The molecule has 0 aliphatic carbocycles. The van der Waals surface area contributed by atoms with Crippen LogP contribution in [0.25, 0.3) is 11.1 Å². The van der Waals surface area contributed by atoms with Gasteiger partial charge in [-0.3, -0.25) is 4.68 Å². The Balaban J connectivity index is 1.52. The van der Waals surface area contributed by atoms with E-state index in [0.29, 0.717) is 6.54 Å². The van der Waals surface area contributed by atoms with Crippen LogP contribution in [0.5, 0.6) is 0 Å². The number of nitrogens with one attached hydrogen (secondary N) is 1. The van der Waals surface area contributed by atoms with E-state index in [2.05, 4.69) is 15.4 Å². The van der Waals surface area contributed by atoms with Crippen LogP contribution in [0.1, 0.15) is 11.5 Å². The average Bonchev–Trinajstić information content (AvgIpc) is 3.00. The van der Waals surface area contributed by atoms with Crippen molar-refractivity contribution in [3.63, 3.8) is 0 Å². The summed E-state index contributed by atoms with van der Waals surface area (Å²) in [6.45, 7) is 4.35. The Kier molecular flexibility index (Phi) is 3.29. The van der Waals surface area contributed by atoms with E-state index in [4.69, 9.17) is 4.42 Å². The maximum absolute atomic E-state index is 5.63. The number of benzene rings is 1. The summed E-state index contributed by atoms with van der Waals surface area (Å²) in [5.74, 6) is 0.720. The topological polar surface area (TPSA) is 55.9 Å². The van der Waals surface area contributed by atoms with Gasteiger partial charge in [-0.2, -0.15) is 5.10 Å². The first-order valence-corrected chi connectivity index (χ1v) is 6.35. The number of hydrogen-bond acceptors (Lipinski definition) is 4. The van der Waals surface area contributed by atoms with Crippen LogP contribution in [0.4, 0.5) is 0 Å². The van der Waals surface area contributed by atoms with Crippen molar-refractivity contribution in [1.29, 1.82) is 0 Å². The molecule has 5 nitrogen and oxygen atoms in total. The van der Waals surface area contributed by atoms with Gasteiger partial charge in [0.2, 0.25) is 5.89 Å². The molecule has 0 fully saturated rings. The molecule has 0 aliphatic heterocycles. The Hall–Kier alpha value is -2.14. The third-order valence-electron chi connectivity index (χ3n) is 2.89. The molecule has 2 aromatic heterocycles. The molecule has 2 heterocycles. The SMILES string of the molecule is Cc1cnn(CCNCc2nc3ccccc3o2)c1. The summed E-state index contributed by atoms with van der Waals surface area (Å²) in [7, 11) is 0. The van der Waals surface area contributed by atoms with E-state index in [1.807, 2.05) is 48.3 Å². The minimum atomic E-state index is 0.634. The number of aryl methyl sites for hydroxylation is 1. The standard InChI is InChI=1S/C14H16N4O/c1-11-8-16-18(10-11)7-6-15-9-14-17-12-4-2-3-5-13(12)19-14/h2-5,8,10,15H,6-7,9H2,1H3. The van der Waals surface area contributed by atoms with Crippen LogP contribution >= 0.6 is 0 Å². The molecule has 0 saturated carbocycles. The van der Waals surface area contributed by atoms with E-state index in [1.54, 1.807) is 0 Å². The van der Waals surface area contributed by atoms with Crippen molar-refractivity contribution in [2.24, 2.45) is 0 Å². The monoisotopic (exact) mass is 256 g/mol. The number of para-hydroxylation sites is 2. The summed E-state index contributed by atoms with van der Waals surface area (Å²) in [4.78, 5) is 4.41. The maximum atomic E-state index is 5.63. The van der Waals surface area contributed by atoms with Gasteiger partial charge in [-0.25, -0.2) is 4.98 Å². The minimum absolute atomic E-state index is 0.634. The van der Waals surface area contributed by atoms with Gasteiger partial charge in [0.25, 0.3) is 0 Å². The number of aromatic nitrogens is 3. The molecule has 0 radical (unpaired) electrons. The van der Waals surface area contributed by atoms with E-state index in [9.17, 15) is 0 Å². The highest BCUT2D eigenvalue weighted by atomic mass is 16.3. The zero-order chi connectivity index (χ0) is 13.1. The molecule has 1 aromatic carbocycles. The Labute approximate surface area is 111 Å². The molecular weight excluding hydrogens is 240 g/mol. The van der Waals surface area contributed by atoms with Crippen LogP contribution in [0, 0.1) is 6.92 Å². The second kappa shape index (κ2) is 5.24. The van der Waals surface area contributed by atoms with Crippen LogP contribution in [0.2, 0.25) is 0 Å². The van der Waals surface area contributed by atoms with E-state index >= 15 is 0 Å². The van der Waals surface area contributed by atoms with E-state index in [1.165, 1.54) is 5.56 Å². The zero-order valence-corrected chi connectivity index (χ0v) is 10.8. The second-order valence-corrected chi connectivity index (χ2v) is 4.53. The molecule has 0 aliphatic rings. The van der Waals surface area contributed by atoms with E-state index in [-0.39, 0.29) is 0 Å². The van der Waals surface area contributed by atoms with Gasteiger partial charge in [-0.1, -0.05) is 12.1 Å². The Morgan fingerprint density at radius 3 is 3.00 bits per heavy atom. The molecule has 0 saturated heterocycles. The smallest absolute Gasteiger partial charge is 0.209 e. The quantitative estimate of drug-likeness (QED) is 0.710. The fourth-order valence-electron chi connectivity index (χ4n) is 1.97. The van der Waals surface area contributed by atoms with Crippen LogP contribution in [0.15, 0.2) is 41.1 Å². The number of hydrogen-bond donors (Lipinski definition) is 1. The first kappa shape index (κ1) is 11.9. The Bertz CT molecular complexity index is 638. The minimum Gasteiger partial charge on any atom is -0.439 e. The van der Waals surface area contributed by atoms with Crippen molar-refractivity contribution in [3.05, 3.63) is 48.1 Å². The van der Waals surface area contributed by atoms with Crippen LogP contribution in [0.3, 0.4) is 0 Å². The van der Waals surface area contributed by atoms with Crippen molar-refractivity contribution in [2.45, 2.75) is 20.0 Å². The molecule has 1 N–H and O–H groups in total. The summed E-state index contributed by atoms with van der Waals surface area (Å²) in [6.07, 6.45) is 3.89. The number of oxazole rings is 1. The van der Waals surface area contributed by atoms with Gasteiger partial charge < -0.3 is 9.73 Å². The molecule has 0 bridgehead atoms. The normalized spacial score (nSPS) is 11.2. The number of rotatable bonds is 5. The molecular formula is C14H16N4O. The van der Waals surface area contributed by atoms with Gasteiger partial charge >= 0.3 is 0 Å². The average molecular weight is 256 g/mol. The van der Waals surface area contributed by atoms with Crippen LogP contribution in [-0.4, -0.2) is 21.3 Å². The van der Waals surface area contributed by atoms with Crippen LogP contribution in [-0.2, 0) is 13.1 Å². The molecule has 3 aromatic rings. The lowest BCUT2D eigenvalue weighted by atomic mass is 10.3. The van der Waals surface area contributed by atoms with Gasteiger partial charge in [0.05, 0.1) is 19.3 Å². The molecule has 19 heavy (non-hydrogen) atoms. The molecule has 3 rings (SSSR count). The maximum Gasteiger partial charge on any atom is 0.209 e. The summed E-state index contributed by atoms with van der Waals surface area (Å²) in [5, 5.41) is 7.54. The van der Waals surface area contributed by atoms with Gasteiger partial charge in [-0.05, 0) is 24.6 Å². The van der Waals surface area contributed by atoms with E-state index in [0.717, 1.165) is 30.1 Å². The summed E-state index contributed by atoms with van der Waals surface area (Å²) >= 11 is 0. The lowest BCUT2D eigenvalue weighted by Gasteiger charge is -2.02. The zero-order valence-electron chi connectivity index (χ0n) is 10.8. The summed E-state index contributed by atoms with van der Waals surface area (Å²) < 4.78 is 7.55. The van der Waals surface area contributed by atoms with Crippen molar-refractivity contribution >= 4 is 11.1 Å². The van der Waals surface area contributed by atoms with Gasteiger partial charge in [0.15, 0.2) is 5.58 Å². The molecule has 0 amide bonds. The second-order valence-electron chi connectivity index (χ2n) is 4.53. The van der Waals surface area contributed by atoms with Gasteiger partial charge in [-0.15, -0.1) is 0 Å². The molecule has 0 spiro atoms. The Morgan fingerprint density at radius 2 is 2.21 bits per heavy atom. The molecule has 0 unspecified atom stereocenters. The fraction of sp³-hybridized carbons (Fsp3) is 0.286. The highest BCUT2D eigenvalue weighted by Crippen LogP contribution is 2.14. The van der Waals surface area contributed by atoms with Crippen molar-refractivity contribution in [1.82, 2.24) is 20.1 Å². The highest BCUT2D eigenvalue weighted by molar-refractivity contribution is 5.72. The molecule has 98 valence electrons. The third kappa shape index (κ3) is 2.82. The first-order chi connectivity index (χ1) is 9.31. The number of fused-ring (bicyclic) bond motifs is 1. The van der Waals surface area contributed by atoms with E-state index < -0.39 is 0 Å².